The highest BCUT2D eigenvalue weighted by atomic mass is 32.2. The minimum absolute atomic E-state index is 0.143. The Morgan fingerprint density at radius 1 is 1.12 bits per heavy atom. The highest BCUT2D eigenvalue weighted by molar-refractivity contribution is 8.00. The molecule has 0 aliphatic carbocycles. The van der Waals surface area contributed by atoms with Crippen molar-refractivity contribution in [2.45, 2.75) is 31.9 Å². The normalized spacial score (nSPS) is 17.1. The highest BCUT2D eigenvalue weighted by Gasteiger charge is 2.33. The molecule has 26 heavy (non-hydrogen) atoms. The molecule has 3 rings (SSSR count). The molecule has 0 N–H and O–H groups in total. The fraction of sp³-hybridized carbons (Fsp3) is 0.300. The number of allylic oxidation sites excluding steroid dienone is 1. The van der Waals surface area contributed by atoms with Crippen LogP contribution < -0.4 is 4.90 Å². The fourth-order valence-corrected chi connectivity index (χ4v) is 4.11. The molecular formula is C20H19F4NS. The first-order chi connectivity index (χ1) is 12.3. The van der Waals surface area contributed by atoms with Gasteiger partial charge in [0.25, 0.3) is 0 Å². The fourth-order valence-electron chi connectivity index (χ4n) is 3.10. The first-order valence-electron chi connectivity index (χ1n) is 8.33. The third kappa shape index (κ3) is 3.75. The van der Waals surface area contributed by atoms with Gasteiger partial charge in [0.15, 0.2) is 0 Å². The van der Waals surface area contributed by atoms with Crippen molar-refractivity contribution in [1.29, 1.82) is 0 Å². The summed E-state index contributed by atoms with van der Waals surface area (Å²) in [6, 6.07) is 10.2. The lowest BCUT2D eigenvalue weighted by molar-refractivity contribution is -0.137. The van der Waals surface area contributed by atoms with Gasteiger partial charge in [0.1, 0.15) is 5.82 Å². The zero-order valence-corrected chi connectivity index (χ0v) is 15.3. The lowest BCUT2D eigenvalue weighted by atomic mass is 9.97. The van der Waals surface area contributed by atoms with E-state index in [-0.39, 0.29) is 17.7 Å². The standard InChI is InChI=1S/C20H19F4NS/c1-3-26-19-10-13(2)16-9-8-15(20(22,23)24)11-18(16)25(19)12-14-6-4-5-7-17(14)21/h4-11,19H,3,12H2,1-2H3. The molecule has 0 amide bonds. The average molecular weight is 381 g/mol. The molecule has 0 radical (unpaired) electrons. The Labute approximate surface area is 154 Å². The second-order valence-electron chi connectivity index (χ2n) is 6.14. The predicted molar refractivity (Wildman–Crippen MR) is 99.6 cm³/mol. The molecule has 6 heteroatoms. The molecule has 0 aromatic heterocycles. The number of hydrogen-bond acceptors (Lipinski definition) is 2. The van der Waals surface area contributed by atoms with E-state index in [0.29, 0.717) is 11.3 Å². The Morgan fingerprint density at radius 2 is 1.85 bits per heavy atom. The van der Waals surface area contributed by atoms with Gasteiger partial charge in [-0.1, -0.05) is 31.2 Å². The van der Waals surface area contributed by atoms with Crippen molar-refractivity contribution in [2.24, 2.45) is 0 Å². The van der Waals surface area contributed by atoms with Crippen molar-refractivity contribution in [2.75, 3.05) is 10.7 Å². The first-order valence-corrected chi connectivity index (χ1v) is 9.38. The van der Waals surface area contributed by atoms with Crippen LogP contribution in [0.25, 0.3) is 5.57 Å². The number of rotatable bonds is 4. The van der Waals surface area contributed by atoms with Gasteiger partial charge in [-0.25, -0.2) is 4.39 Å². The van der Waals surface area contributed by atoms with Gasteiger partial charge in [-0.3, -0.25) is 0 Å². The Morgan fingerprint density at radius 3 is 2.50 bits per heavy atom. The van der Waals surface area contributed by atoms with Crippen LogP contribution in [-0.2, 0) is 12.7 Å². The van der Waals surface area contributed by atoms with Gasteiger partial charge in [0.2, 0.25) is 0 Å². The molecule has 138 valence electrons. The van der Waals surface area contributed by atoms with Gasteiger partial charge in [0, 0.05) is 23.4 Å². The predicted octanol–water partition coefficient (Wildman–Crippen LogP) is 6.35. The number of nitrogens with zero attached hydrogens (tertiary/aromatic N) is 1. The maximum absolute atomic E-state index is 14.1. The summed E-state index contributed by atoms with van der Waals surface area (Å²) in [6.07, 6.45) is -2.38. The van der Waals surface area contributed by atoms with Crippen molar-refractivity contribution >= 4 is 23.0 Å². The molecule has 0 fully saturated rings. The smallest absolute Gasteiger partial charge is 0.351 e. The topological polar surface area (TPSA) is 3.24 Å². The van der Waals surface area contributed by atoms with E-state index in [2.05, 4.69) is 0 Å². The van der Waals surface area contributed by atoms with E-state index in [1.54, 1.807) is 30.0 Å². The quantitative estimate of drug-likeness (QED) is 0.568. The molecule has 1 unspecified atom stereocenters. The van der Waals surface area contributed by atoms with Crippen LogP contribution in [0.4, 0.5) is 23.2 Å². The monoisotopic (exact) mass is 381 g/mol. The lowest BCUT2D eigenvalue weighted by Crippen LogP contribution is -2.35. The number of benzene rings is 2. The molecule has 1 aliphatic heterocycles. The van der Waals surface area contributed by atoms with Crippen LogP contribution in [0.3, 0.4) is 0 Å². The summed E-state index contributed by atoms with van der Waals surface area (Å²) < 4.78 is 53.8. The number of halogens is 4. The first kappa shape index (κ1) is 18.8. The van der Waals surface area contributed by atoms with Gasteiger partial charge in [-0.05, 0) is 42.5 Å². The van der Waals surface area contributed by atoms with E-state index >= 15 is 0 Å². The molecule has 0 spiro atoms. The number of fused-ring (bicyclic) bond motifs is 1. The second kappa shape index (κ2) is 7.35. The van der Waals surface area contributed by atoms with Crippen LogP contribution >= 0.6 is 11.8 Å². The number of hydrogen-bond donors (Lipinski definition) is 0. The van der Waals surface area contributed by atoms with Crippen molar-refractivity contribution in [3.05, 3.63) is 71.0 Å². The van der Waals surface area contributed by atoms with Crippen molar-refractivity contribution in [3.63, 3.8) is 0 Å². The van der Waals surface area contributed by atoms with Crippen molar-refractivity contribution < 1.29 is 17.6 Å². The third-order valence-electron chi connectivity index (χ3n) is 4.40. The summed E-state index contributed by atoms with van der Waals surface area (Å²) in [7, 11) is 0. The summed E-state index contributed by atoms with van der Waals surface area (Å²) in [5.41, 5.74) is 1.95. The molecule has 2 aromatic carbocycles. The molecule has 1 aliphatic rings. The average Bonchev–Trinajstić information content (AvgIpc) is 2.59. The summed E-state index contributed by atoms with van der Waals surface area (Å²) in [5.74, 6) is 0.448. The molecule has 1 heterocycles. The Balaban J connectivity index is 2.09. The Bertz CT molecular complexity index is 829. The van der Waals surface area contributed by atoms with Crippen LogP contribution in [0.2, 0.25) is 0 Å². The van der Waals surface area contributed by atoms with Gasteiger partial charge >= 0.3 is 6.18 Å². The second-order valence-corrected chi connectivity index (χ2v) is 7.54. The maximum Gasteiger partial charge on any atom is 0.416 e. The summed E-state index contributed by atoms with van der Waals surface area (Å²) >= 11 is 1.61. The number of alkyl halides is 3. The zero-order valence-electron chi connectivity index (χ0n) is 14.5. The van der Waals surface area contributed by atoms with Crippen LogP contribution in [0.1, 0.15) is 30.5 Å². The summed E-state index contributed by atoms with van der Waals surface area (Å²) in [4.78, 5) is 1.85. The molecule has 0 bridgehead atoms. The van der Waals surface area contributed by atoms with Gasteiger partial charge < -0.3 is 4.90 Å². The molecule has 1 nitrogen and oxygen atoms in total. The molecule has 1 atom stereocenters. The van der Waals surface area contributed by atoms with Gasteiger partial charge in [0.05, 0.1) is 10.9 Å². The lowest BCUT2D eigenvalue weighted by Gasteiger charge is -2.37. The van der Waals surface area contributed by atoms with Crippen LogP contribution in [0.5, 0.6) is 0 Å². The van der Waals surface area contributed by atoms with E-state index in [1.807, 2.05) is 24.8 Å². The van der Waals surface area contributed by atoms with Gasteiger partial charge in [-0.2, -0.15) is 13.2 Å². The minimum Gasteiger partial charge on any atom is -0.351 e. The Kier molecular flexibility index (Phi) is 5.32. The molecule has 2 aromatic rings. The summed E-state index contributed by atoms with van der Waals surface area (Å²) in [6.45, 7) is 4.11. The van der Waals surface area contributed by atoms with E-state index in [1.165, 1.54) is 18.2 Å². The van der Waals surface area contributed by atoms with Gasteiger partial charge in [-0.15, -0.1) is 11.8 Å². The van der Waals surface area contributed by atoms with E-state index in [0.717, 1.165) is 23.0 Å². The van der Waals surface area contributed by atoms with E-state index in [4.69, 9.17) is 0 Å². The molecular weight excluding hydrogens is 362 g/mol. The Hall–Kier alpha value is -1.95. The zero-order chi connectivity index (χ0) is 18.9. The third-order valence-corrected chi connectivity index (χ3v) is 5.46. The largest absolute Gasteiger partial charge is 0.416 e. The van der Waals surface area contributed by atoms with Crippen LogP contribution in [0.15, 0.2) is 48.5 Å². The van der Waals surface area contributed by atoms with Crippen LogP contribution in [0, 0.1) is 5.82 Å². The SMILES string of the molecule is CCSC1C=C(C)c2ccc(C(F)(F)F)cc2N1Cc1ccccc1F. The molecule has 0 saturated carbocycles. The molecule has 0 saturated heterocycles. The van der Waals surface area contributed by atoms with Crippen molar-refractivity contribution in [1.82, 2.24) is 0 Å². The maximum atomic E-state index is 14.1. The van der Waals surface area contributed by atoms with E-state index in [9.17, 15) is 17.6 Å². The van der Waals surface area contributed by atoms with Crippen molar-refractivity contribution in [3.8, 4) is 0 Å². The van der Waals surface area contributed by atoms with Crippen LogP contribution in [-0.4, -0.2) is 11.1 Å². The highest BCUT2D eigenvalue weighted by Crippen LogP contribution is 2.42. The minimum atomic E-state index is -4.42. The van der Waals surface area contributed by atoms with E-state index < -0.39 is 11.7 Å². The summed E-state index contributed by atoms with van der Waals surface area (Å²) in [5, 5.41) is -0.143. The number of anilines is 1. The number of thioether (sulfide) groups is 1.